The van der Waals surface area contributed by atoms with Crippen molar-refractivity contribution in [1.29, 1.82) is 0 Å². The maximum Gasteiger partial charge on any atom is 0.128 e. The van der Waals surface area contributed by atoms with Crippen molar-refractivity contribution in [3.05, 3.63) is 34.7 Å². The van der Waals surface area contributed by atoms with E-state index >= 15 is 0 Å². The smallest absolute Gasteiger partial charge is 0.128 e. The lowest BCUT2D eigenvalue weighted by molar-refractivity contribution is -0.0589. The van der Waals surface area contributed by atoms with Gasteiger partial charge in [0.25, 0.3) is 0 Å². The Balaban J connectivity index is 2.00. The molecule has 0 saturated carbocycles. The molecule has 0 aliphatic carbocycles. The van der Waals surface area contributed by atoms with Gasteiger partial charge in [0, 0.05) is 16.6 Å². The number of imidazole rings is 1. The van der Waals surface area contributed by atoms with Crippen molar-refractivity contribution in [2.75, 3.05) is 26.9 Å². The number of nitrogens with two attached hydrogens (primary N) is 1. The van der Waals surface area contributed by atoms with Crippen LogP contribution in [-0.4, -0.2) is 36.8 Å². The molecule has 1 aliphatic rings. The molecule has 3 N–H and O–H groups in total. The van der Waals surface area contributed by atoms with E-state index < -0.39 is 0 Å². The maximum absolute atomic E-state index is 5.86. The Hall–Kier alpha value is -1.37. The van der Waals surface area contributed by atoms with Gasteiger partial charge in [0.2, 0.25) is 0 Å². The van der Waals surface area contributed by atoms with Crippen LogP contribution in [0.4, 0.5) is 0 Å². The Bertz CT molecular complexity index is 617. The van der Waals surface area contributed by atoms with Crippen molar-refractivity contribution < 1.29 is 9.47 Å². The highest BCUT2D eigenvalue weighted by Gasteiger charge is 2.41. The van der Waals surface area contributed by atoms with Crippen molar-refractivity contribution in [3.8, 4) is 17.0 Å². The van der Waals surface area contributed by atoms with Gasteiger partial charge in [0.15, 0.2) is 0 Å². The van der Waals surface area contributed by atoms with E-state index in [4.69, 9.17) is 15.2 Å². The SMILES string of the molecule is COc1ccc(Br)cc1-c1cnc(C2(CN)COC2)[nH]1. The highest BCUT2D eigenvalue weighted by atomic mass is 79.9. The molecule has 20 heavy (non-hydrogen) atoms. The molecule has 1 aromatic heterocycles. The summed E-state index contributed by atoms with van der Waals surface area (Å²) in [7, 11) is 1.66. The van der Waals surface area contributed by atoms with Crippen LogP contribution < -0.4 is 10.5 Å². The van der Waals surface area contributed by atoms with Crippen molar-refractivity contribution in [1.82, 2.24) is 9.97 Å². The van der Waals surface area contributed by atoms with Crippen molar-refractivity contribution >= 4 is 15.9 Å². The predicted molar refractivity (Wildman–Crippen MR) is 79.8 cm³/mol. The molecule has 3 rings (SSSR count). The number of halogens is 1. The van der Waals surface area contributed by atoms with Gasteiger partial charge in [-0.15, -0.1) is 0 Å². The summed E-state index contributed by atoms with van der Waals surface area (Å²) in [4.78, 5) is 7.83. The van der Waals surface area contributed by atoms with Gasteiger partial charge in [-0.2, -0.15) is 0 Å². The van der Waals surface area contributed by atoms with Gasteiger partial charge in [0.05, 0.1) is 37.6 Å². The average molecular weight is 338 g/mol. The minimum absolute atomic E-state index is 0.169. The Morgan fingerprint density at radius 1 is 1.50 bits per heavy atom. The Kier molecular flexibility index (Phi) is 3.54. The van der Waals surface area contributed by atoms with Gasteiger partial charge in [0.1, 0.15) is 11.6 Å². The largest absolute Gasteiger partial charge is 0.496 e. The van der Waals surface area contributed by atoms with Crippen molar-refractivity contribution in [3.63, 3.8) is 0 Å². The van der Waals surface area contributed by atoms with Crippen LogP contribution in [0.5, 0.6) is 5.75 Å². The van der Waals surface area contributed by atoms with Crippen LogP contribution in [0.25, 0.3) is 11.3 Å². The second-order valence-electron chi connectivity index (χ2n) is 4.97. The first-order chi connectivity index (χ1) is 9.68. The van der Waals surface area contributed by atoms with E-state index in [2.05, 4.69) is 25.9 Å². The second-order valence-corrected chi connectivity index (χ2v) is 5.88. The zero-order valence-corrected chi connectivity index (χ0v) is 12.7. The van der Waals surface area contributed by atoms with E-state index in [1.165, 1.54) is 0 Å². The van der Waals surface area contributed by atoms with Crippen LogP contribution >= 0.6 is 15.9 Å². The Morgan fingerprint density at radius 2 is 2.30 bits per heavy atom. The zero-order valence-electron chi connectivity index (χ0n) is 11.1. The molecule has 0 spiro atoms. The highest BCUT2D eigenvalue weighted by Crippen LogP contribution is 2.34. The standard InChI is InChI=1S/C14H16BrN3O2/c1-19-12-3-2-9(15)4-10(12)11-5-17-13(18-11)14(6-16)7-20-8-14/h2-5H,6-8,16H2,1H3,(H,17,18). The third-order valence-corrected chi connectivity index (χ3v) is 4.17. The number of methoxy groups -OCH3 is 1. The normalized spacial score (nSPS) is 16.8. The van der Waals surface area contributed by atoms with Crippen LogP contribution in [0.1, 0.15) is 5.82 Å². The summed E-state index contributed by atoms with van der Waals surface area (Å²) in [6.45, 7) is 1.76. The summed E-state index contributed by atoms with van der Waals surface area (Å²) in [5.41, 5.74) is 7.57. The fourth-order valence-electron chi connectivity index (χ4n) is 2.32. The van der Waals surface area contributed by atoms with Crippen LogP contribution in [0.3, 0.4) is 0 Å². The summed E-state index contributed by atoms with van der Waals surface area (Å²) in [5.74, 6) is 1.68. The number of hydrogen-bond donors (Lipinski definition) is 2. The molecule has 2 heterocycles. The molecule has 0 radical (unpaired) electrons. The summed E-state index contributed by atoms with van der Waals surface area (Å²) >= 11 is 3.48. The van der Waals surface area contributed by atoms with E-state index in [9.17, 15) is 0 Å². The lowest BCUT2D eigenvalue weighted by Crippen LogP contribution is -2.52. The number of aromatic amines is 1. The van der Waals surface area contributed by atoms with Crippen LogP contribution in [-0.2, 0) is 10.2 Å². The van der Waals surface area contributed by atoms with E-state index in [1.807, 2.05) is 24.4 Å². The number of hydrogen-bond acceptors (Lipinski definition) is 4. The average Bonchev–Trinajstić information content (AvgIpc) is 2.88. The lowest BCUT2D eigenvalue weighted by Gasteiger charge is -2.38. The fraction of sp³-hybridized carbons (Fsp3) is 0.357. The summed E-state index contributed by atoms with van der Waals surface area (Å²) < 4.78 is 11.7. The second kappa shape index (κ2) is 5.20. The number of nitrogens with zero attached hydrogens (tertiary/aromatic N) is 1. The van der Waals surface area contributed by atoms with E-state index in [0.29, 0.717) is 19.8 Å². The van der Waals surface area contributed by atoms with Crippen LogP contribution in [0, 0.1) is 0 Å². The fourth-order valence-corrected chi connectivity index (χ4v) is 2.68. The van der Waals surface area contributed by atoms with Gasteiger partial charge in [-0.3, -0.25) is 0 Å². The molecule has 106 valence electrons. The Labute approximate surface area is 125 Å². The molecule has 6 heteroatoms. The number of H-pyrrole nitrogens is 1. The molecule has 1 saturated heterocycles. The molecular formula is C14H16BrN3O2. The number of nitrogens with one attached hydrogen (secondary N) is 1. The van der Waals surface area contributed by atoms with Crippen molar-refractivity contribution in [2.45, 2.75) is 5.41 Å². The number of benzene rings is 1. The lowest BCUT2D eigenvalue weighted by atomic mass is 9.85. The summed E-state index contributed by atoms with van der Waals surface area (Å²) in [6, 6.07) is 5.87. The van der Waals surface area contributed by atoms with Gasteiger partial charge in [-0.25, -0.2) is 4.98 Å². The molecule has 0 amide bonds. The number of rotatable bonds is 4. The van der Waals surface area contributed by atoms with E-state index in [1.54, 1.807) is 7.11 Å². The van der Waals surface area contributed by atoms with Crippen LogP contribution in [0.2, 0.25) is 0 Å². The summed E-state index contributed by atoms with van der Waals surface area (Å²) in [5, 5.41) is 0. The first-order valence-electron chi connectivity index (χ1n) is 6.36. The zero-order chi connectivity index (χ0) is 14.2. The summed E-state index contributed by atoms with van der Waals surface area (Å²) in [6.07, 6.45) is 1.81. The molecule has 0 bridgehead atoms. The molecule has 0 unspecified atom stereocenters. The minimum atomic E-state index is -0.169. The number of aromatic nitrogens is 2. The quantitative estimate of drug-likeness (QED) is 0.895. The topological polar surface area (TPSA) is 73.2 Å². The van der Waals surface area contributed by atoms with Gasteiger partial charge in [-0.1, -0.05) is 15.9 Å². The molecule has 0 atom stereocenters. The molecule has 5 nitrogen and oxygen atoms in total. The third-order valence-electron chi connectivity index (χ3n) is 3.68. The van der Waals surface area contributed by atoms with Gasteiger partial charge >= 0.3 is 0 Å². The monoisotopic (exact) mass is 337 g/mol. The first-order valence-corrected chi connectivity index (χ1v) is 7.15. The minimum Gasteiger partial charge on any atom is -0.496 e. The Morgan fingerprint density at radius 3 is 2.90 bits per heavy atom. The van der Waals surface area contributed by atoms with Crippen LogP contribution in [0.15, 0.2) is 28.9 Å². The highest BCUT2D eigenvalue weighted by molar-refractivity contribution is 9.10. The van der Waals surface area contributed by atoms with E-state index in [0.717, 1.165) is 27.3 Å². The molecule has 1 aromatic carbocycles. The number of ether oxygens (including phenoxy) is 2. The molecule has 1 fully saturated rings. The third kappa shape index (κ3) is 2.13. The molecule has 1 aliphatic heterocycles. The predicted octanol–water partition coefficient (Wildman–Crippen LogP) is 2.07. The van der Waals surface area contributed by atoms with Crippen molar-refractivity contribution in [2.24, 2.45) is 5.73 Å². The van der Waals surface area contributed by atoms with Gasteiger partial charge < -0.3 is 20.2 Å². The first kappa shape index (κ1) is 13.6. The van der Waals surface area contributed by atoms with Gasteiger partial charge in [-0.05, 0) is 18.2 Å². The maximum atomic E-state index is 5.86. The van der Waals surface area contributed by atoms with E-state index in [-0.39, 0.29) is 5.41 Å². The molecule has 2 aromatic rings. The molecular weight excluding hydrogens is 322 g/mol.